The molecule has 2 aromatic rings. The average molecular weight is 509 g/mol. The second kappa shape index (κ2) is 9.16. The highest BCUT2D eigenvalue weighted by Gasteiger charge is 2.27. The van der Waals surface area contributed by atoms with E-state index in [-0.39, 0.29) is 22.4 Å². The van der Waals surface area contributed by atoms with E-state index in [0.29, 0.717) is 16.1 Å². The summed E-state index contributed by atoms with van der Waals surface area (Å²) in [5.41, 5.74) is 3.15. The lowest BCUT2D eigenvalue weighted by Crippen LogP contribution is -2.34. The van der Waals surface area contributed by atoms with Gasteiger partial charge < -0.3 is 10.1 Å². The smallest absolute Gasteiger partial charge is 0.341 e. The number of fused-ring (bicyclic) bond motifs is 1. The topological polar surface area (TPSA) is 67.4 Å². The molecule has 0 saturated carbocycles. The van der Waals surface area contributed by atoms with Crippen LogP contribution in [0, 0.1) is 0 Å². The number of methoxy groups -OCH3 is 1. The van der Waals surface area contributed by atoms with Crippen molar-refractivity contribution < 1.29 is 14.3 Å². The summed E-state index contributed by atoms with van der Waals surface area (Å²) in [5.74, 6) is -0.692. The molecule has 30 heavy (non-hydrogen) atoms. The molecule has 0 bridgehead atoms. The summed E-state index contributed by atoms with van der Waals surface area (Å²) in [5, 5.41) is 6.53. The van der Waals surface area contributed by atoms with Gasteiger partial charge in [0.15, 0.2) is 5.11 Å². The third-order valence-electron chi connectivity index (χ3n) is 5.05. The minimum absolute atomic E-state index is 0.0345. The second-order valence-corrected chi connectivity index (χ2v) is 10.6. The van der Waals surface area contributed by atoms with Gasteiger partial charge in [0.1, 0.15) is 5.00 Å². The highest BCUT2D eigenvalue weighted by molar-refractivity contribution is 9.10. The molecule has 5 nitrogen and oxygen atoms in total. The fraction of sp³-hybridized carbons (Fsp3) is 0.409. The average Bonchev–Trinajstić information content (AvgIpc) is 3.03. The molecule has 1 aromatic carbocycles. The first-order valence-electron chi connectivity index (χ1n) is 9.77. The van der Waals surface area contributed by atoms with E-state index in [0.717, 1.165) is 41.3 Å². The number of rotatable bonds is 3. The monoisotopic (exact) mass is 508 g/mol. The van der Waals surface area contributed by atoms with E-state index in [1.165, 1.54) is 23.3 Å². The minimum atomic E-state index is -0.382. The van der Waals surface area contributed by atoms with Gasteiger partial charge in [-0.05, 0) is 66.6 Å². The Morgan fingerprint density at radius 3 is 2.53 bits per heavy atom. The highest BCUT2D eigenvalue weighted by atomic mass is 79.9. The molecule has 1 aromatic heterocycles. The number of ether oxygens (including phenoxy) is 1. The Bertz CT molecular complexity index is 1010. The molecule has 0 radical (unpaired) electrons. The third-order valence-corrected chi connectivity index (χ3v) is 7.12. The van der Waals surface area contributed by atoms with Crippen LogP contribution in [0.3, 0.4) is 0 Å². The molecule has 1 aliphatic carbocycles. The number of esters is 1. The van der Waals surface area contributed by atoms with Gasteiger partial charge >= 0.3 is 5.97 Å². The number of hydrogen-bond acceptors (Lipinski definition) is 5. The first kappa shape index (κ1) is 22.9. The number of thiocarbonyl (C=S) groups is 1. The summed E-state index contributed by atoms with van der Waals surface area (Å²) in [6.07, 6.45) is 3.95. The quantitative estimate of drug-likeness (QED) is 0.417. The van der Waals surface area contributed by atoms with Crippen LogP contribution < -0.4 is 10.6 Å². The lowest BCUT2D eigenvalue weighted by molar-refractivity contribution is 0.0601. The first-order valence-corrected chi connectivity index (χ1v) is 11.8. The van der Waals surface area contributed by atoms with E-state index in [1.807, 2.05) is 6.07 Å². The van der Waals surface area contributed by atoms with Crippen molar-refractivity contribution in [2.45, 2.75) is 51.9 Å². The fourth-order valence-electron chi connectivity index (χ4n) is 3.55. The van der Waals surface area contributed by atoms with Crippen LogP contribution in [0.1, 0.15) is 70.3 Å². The number of nitrogens with one attached hydrogen (secondary N) is 2. The van der Waals surface area contributed by atoms with Gasteiger partial charge in [-0.15, -0.1) is 11.3 Å². The van der Waals surface area contributed by atoms with E-state index in [4.69, 9.17) is 17.0 Å². The molecule has 0 fully saturated rings. The summed E-state index contributed by atoms with van der Waals surface area (Å²) in [6, 6.07) is 5.52. The van der Waals surface area contributed by atoms with Crippen LogP contribution >= 0.6 is 39.5 Å². The molecule has 0 spiro atoms. The summed E-state index contributed by atoms with van der Waals surface area (Å²) < 4.78 is 5.85. The number of thiophene rings is 1. The number of benzene rings is 1. The van der Waals surface area contributed by atoms with Crippen LogP contribution in [0.2, 0.25) is 0 Å². The van der Waals surface area contributed by atoms with E-state index in [9.17, 15) is 9.59 Å². The maximum atomic E-state index is 12.7. The lowest BCUT2D eigenvalue weighted by atomic mass is 9.86. The number of aryl methyl sites for hydroxylation is 1. The molecule has 160 valence electrons. The van der Waals surface area contributed by atoms with Gasteiger partial charge in [0, 0.05) is 14.9 Å². The van der Waals surface area contributed by atoms with Crippen LogP contribution in [0.4, 0.5) is 5.00 Å². The molecule has 0 aliphatic heterocycles. The van der Waals surface area contributed by atoms with Crippen molar-refractivity contribution in [1.29, 1.82) is 0 Å². The van der Waals surface area contributed by atoms with Gasteiger partial charge in [0.2, 0.25) is 0 Å². The summed E-state index contributed by atoms with van der Waals surface area (Å²) in [6.45, 7) is 6.35. The normalized spacial score (nSPS) is 13.4. The van der Waals surface area contributed by atoms with Crippen molar-refractivity contribution in [2.24, 2.45) is 0 Å². The molecule has 3 rings (SSSR count). The Morgan fingerprint density at radius 1 is 1.20 bits per heavy atom. The molecular formula is C22H25BrN2O3S2. The Hall–Kier alpha value is -1.77. The van der Waals surface area contributed by atoms with E-state index >= 15 is 0 Å². The van der Waals surface area contributed by atoms with Gasteiger partial charge in [-0.1, -0.05) is 42.8 Å². The van der Waals surface area contributed by atoms with Gasteiger partial charge in [0.25, 0.3) is 5.91 Å². The van der Waals surface area contributed by atoms with E-state index in [2.05, 4.69) is 47.3 Å². The molecule has 0 saturated heterocycles. The number of carbonyl (C=O) groups is 2. The summed E-state index contributed by atoms with van der Waals surface area (Å²) in [4.78, 5) is 26.2. The van der Waals surface area contributed by atoms with Crippen LogP contribution in [0.25, 0.3) is 0 Å². The number of amides is 1. The zero-order chi connectivity index (χ0) is 22.1. The molecule has 1 heterocycles. The molecule has 0 atom stereocenters. The van der Waals surface area contributed by atoms with Crippen LogP contribution in [-0.4, -0.2) is 24.1 Å². The summed E-state index contributed by atoms with van der Waals surface area (Å²) >= 11 is 10.4. The molecule has 8 heteroatoms. The molecule has 1 aliphatic rings. The molecule has 1 amide bonds. The number of hydrogen-bond donors (Lipinski definition) is 2. The highest BCUT2D eigenvalue weighted by Crippen LogP contribution is 2.38. The van der Waals surface area contributed by atoms with Crippen molar-refractivity contribution >= 4 is 61.5 Å². The van der Waals surface area contributed by atoms with E-state index in [1.54, 1.807) is 12.1 Å². The Labute approximate surface area is 194 Å². The number of anilines is 1. The van der Waals surface area contributed by atoms with Gasteiger partial charge in [-0.3, -0.25) is 10.1 Å². The van der Waals surface area contributed by atoms with E-state index < -0.39 is 0 Å². The zero-order valence-electron chi connectivity index (χ0n) is 17.5. The van der Waals surface area contributed by atoms with Crippen LogP contribution in [0.15, 0.2) is 22.7 Å². The van der Waals surface area contributed by atoms with Crippen molar-refractivity contribution in [2.75, 3.05) is 12.4 Å². The number of carbonyl (C=O) groups excluding carboxylic acids is 2. The molecule has 0 unspecified atom stereocenters. The zero-order valence-corrected chi connectivity index (χ0v) is 20.7. The lowest BCUT2D eigenvalue weighted by Gasteiger charge is -2.21. The van der Waals surface area contributed by atoms with Crippen molar-refractivity contribution in [3.8, 4) is 0 Å². The second-order valence-electron chi connectivity index (χ2n) is 8.26. The maximum absolute atomic E-state index is 12.7. The minimum Gasteiger partial charge on any atom is -0.465 e. The molecular weight excluding hydrogens is 484 g/mol. The van der Waals surface area contributed by atoms with Crippen molar-refractivity contribution in [1.82, 2.24) is 5.32 Å². The fourth-order valence-corrected chi connectivity index (χ4v) is 6.06. The summed E-state index contributed by atoms with van der Waals surface area (Å²) in [7, 11) is 1.37. The van der Waals surface area contributed by atoms with Crippen LogP contribution in [-0.2, 0) is 23.0 Å². The predicted octanol–water partition coefficient (Wildman–Crippen LogP) is 5.60. The van der Waals surface area contributed by atoms with Gasteiger partial charge in [-0.25, -0.2) is 4.79 Å². The largest absolute Gasteiger partial charge is 0.465 e. The SMILES string of the molecule is COC(=O)c1c(NC(=S)NC(=O)c2ccc(C(C)(C)C)c(Br)c2)sc2c1CCCC2. The number of halogens is 1. The maximum Gasteiger partial charge on any atom is 0.341 e. The Morgan fingerprint density at radius 2 is 1.90 bits per heavy atom. The third kappa shape index (κ3) is 4.92. The Balaban J connectivity index is 1.76. The predicted molar refractivity (Wildman–Crippen MR) is 129 cm³/mol. The standard InChI is InChI=1S/C22H25BrN2O3S2/c1-22(2,3)14-10-9-12(11-15(14)23)18(26)24-21(29)25-19-17(20(27)28-4)13-7-5-6-8-16(13)30-19/h9-11H,5-8H2,1-4H3,(H2,24,25,26,29). The van der Waals surface area contributed by atoms with Crippen molar-refractivity contribution in [3.63, 3.8) is 0 Å². The van der Waals surface area contributed by atoms with Gasteiger partial charge in [-0.2, -0.15) is 0 Å². The van der Waals surface area contributed by atoms with Crippen molar-refractivity contribution in [3.05, 3.63) is 49.8 Å². The van der Waals surface area contributed by atoms with Gasteiger partial charge in [0.05, 0.1) is 12.7 Å². The Kier molecular flexibility index (Phi) is 6.99. The first-order chi connectivity index (χ1) is 14.1. The van der Waals surface area contributed by atoms with Crippen LogP contribution in [0.5, 0.6) is 0 Å². The molecule has 2 N–H and O–H groups in total.